The lowest BCUT2D eigenvalue weighted by Crippen LogP contribution is -2.42. The summed E-state index contributed by atoms with van der Waals surface area (Å²) in [4.78, 5) is 0. The highest BCUT2D eigenvalue weighted by molar-refractivity contribution is 7.94. The van der Waals surface area contributed by atoms with Gasteiger partial charge in [-0.3, -0.25) is 4.31 Å². The van der Waals surface area contributed by atoms with Crippen LogP contribution in [0.15, 0.2) is 18.2 Å². The molecule has 0 spiro atoms. The number of hydrogen-bond donors (Lipinski definition) is 0. The minimum atomic E-state index is -3.28. The predicted molar refractivity (Wildman–Crippen MR) is 70.9 cm³/mol. The van der Waals surface area contributed by atoms with Gasteiger partial charge in [-0.15, -0.1) is 0 Å². The molecule has 4 heteroatoms. The number of fused-ring (bicyclic) bond motifs is 1. The van der Waals surface area contributed by atoms with Crippen LogP contribution in [0, 0.1) is 6.92 Å². The lowest BCUT2D eigenvalue weighted by atomic mass is 10.1. The molecule has 0 fully saturated rings. The molecule has 1 aromatic carbocycles. The summed E-state index contributed by atoms with van der Waals surface area (Å²) in [5.41, 5.74) is 3.06. The molecule has 0 atom stereocenters. The highest BCUT2D eigenvalue weighted by Gasteiger charge is 2.39. The van der Waals surface area contributed by atoms with Crippen molar-refractivity contribution in [3.63, 3.8) is 0 Å². The molecule has 94 valence electrons. The Morgan fingerprint density at radius 2 is 1.88 bits per heavy atom. The van der Waals surface area contributed by atoms with Gasteiger partial charge in [-0.1, -0.05) is 18.2 Å². The number of nitrogens with zero attached hydrogens (tertiary/aromatic N) is 1. The molecular weight excluding hydrogens is 234 g/mol. The molecule has 0 N–H and O–H groups in total. The van der Waals surface area contributed by atoms with E-state index < -0.39 is 14.8 Å². The molecule has 0 unspecified atom stereocenters. The van der Waals surface area contributed by atoms with Crippen LogP contribution in [0.2, 0.25) is 0 Å². The van der Waals surface area contributed by atoms with Gasteiger partial charge in [0.05, 0.1) is 10.4 Å². The van der Waals surface area contributed by atoms with E-state index in [1.807, 2.05) is 25.1 Å². The molecule has 0 radical (unpaired) electrons. The molecule has 1 aliphatic heterocycles. The summed E-state index contributed by atoms with van der Waals surface area (Å²) >= 11 is 0. The van der Waals surface area contributed by atoms with Crippen molar-refractivity contribution in [1.82, 2.24) is 0 Å². The van der Waals surface area contributed by atoms with Crippen LogP contribution < -0.4 is 4.31 Å². The van der Waals surface area contributed by atoms with E-state index in [9.17, 15) is 8.42 Å². The summed E-state index contributed by atoms with van der Waals surface area (Å²) in [6.45, 7) is 7.78. The normalized spacial score (nSPS) is 16.1. The number of anilines is 1. The van der Waals surface area contributed by atoms with E-state index in [-0.39, 0.29) is 0 Å². The number of hydrogen-bond acceptors (Lipinski definition) is 2. The van der Waals surface area contributed by atoms with E-state index in [2.05, 4.69) is 0 Å². The van der Waals surface area contributed by atoms with Crippen LogP contribution in [0.1, 0.15) is 31.9 Å². The summed E-state index contributed by atoms with van der Waals surface area (Å²) in [5.74, 6) is 0. The molecule has 1 heterocycles. The number of sulfonamides is 1. The Bertz CT molecular complexity index is 541. The maximum Gasteiger partial charge on any atom is 0.240 e. The fraction of sp³-hybridized carbons (Fsp3) is 0.538. The molecule has 1 aromatic rings. The van der Waals surface area contributed by atoms with E-state index in [0.29, 0.717) is 6.54 Å². The van der Waals surface area contributed by atoms with Gasteiger partial charge in [-0.25, -0.2) is 8.42 Å². The first kappa shape index (κ1) is 12.4. The summed E-state index contributed by atoms with van der Waals surface area (Å²) < 4.78 is 25.8. The zero-order valence-electron chi connectivity index (χ0n) is 10.8. The molecule has 2 rings (SSSR count). The van der Waals surface area contributed by atoms with Crippen molar-refractivity contribution in [3.05, 3.63) is 29.3 Å². The highest BCUT2D eigenvalue weighted by Crippen LogP contribution is 2.36. The second-order valence-corrected chi connectivity index (χ2v) is 8.14. The minimum Gasteiger partial charge on any atom is -0.269 e. The van der Waals surface area contributed by atoms with E-state index in [1.165, 1.54) is 0 Å². The molecule has 0 aliphatic carbocycles. The Morgan fingerprint density at radius 1 is 1.24 bits per heavy atom. The molecule has 0 amide bonds. The molecule has 3 nitrogen and oxygen atoms in total. The molecule has 0 aromatic heterocycles. The van der Waals surface area contributed by atoms with Crippen molar-refractivity contribution in [1.29, 1.82) is 0 Å². The van der Waals surface area contributed by atoms with E-state index in [4.69, 9.17) is 0 Å². The van der Waals surface area contributed by atoms with Gasteiger partial charge in [0, 0.05) is 6.54 Å². The predicted octanol–water partition coefficient (Wildman–Crippen LogP) is 2.49. The van der Waals surface area contributed by atoms with Crippen LogP contribution in [0.4, 0.5) is 5.69 Å². The summed E-state index contributed by atoms with van der Waals surface area (Å²) in [7, 11) is -3.28. The third kappa shape index (κ3) is 1.84. The monoisotopic (exact) mass is 253 g/mol. The average molecular weight is 253 g/mol. The molecule has 0 bridgehead atoms. The first-order valence-corrected chi connectivity index (χ1v) is 7.30. The zero-order valence-corrected chi connectivity index (χ0v) is 11.6. The number of benzene rings is 1. The largest absolute Gasteiger partial charge is 0.269 e. The fourth-order valence-electron chi connectivity index (χ4n) is 2.18. The maximum absolute atomic E-state index is 12.5. The second kappa shape index (κ2) is 3.73. The van der Waals surface area contributed by atoms with Gasteiger partial charge in [-0.2, -0.15) is 0 Å². The first-order valence-electron chi connectivity index (χ1n) is 5.86. The Hall–Kier alpha value is -1.03. The van der Waals surface area contributed by atoms with Gasteiger partial charge >= 0.3 is 0 Å². The molecule has 1 aliphatic rings. The minimum absolute atomic E-state index is 0.569. The van der Waals surface area contributed by atoms with Crippen molar-refractivity contribution < 1.29 is 8.42 Å². The topological polar surface area (TPSA) is 37.4 Å². The zero-order chi connectivity index (χ0) is 12.8. The molecule has 0 saturated carbocycles. The smallest absolute Gasteiger partial charge is 0.240 e. The Labute approximate surface area is 104 Å². The van der Waals surface area contributed by atoms with Crippen LogP contribution in [0.3, 0.4) is 0 Å². The van der Waals surface area contributed by atoms with Crippen molar-refractivity contribution in [2.24, 2.45) is 0 Å². The lowest BCUT2D eigenvalue weighted by Gasteiger charge is -2.29. The van der Waals surface area contributed by atoms with Gasteiger partial charge in [-0.05, 0) is 45.2 Å². The third-order valence-corrected chi connectivity index (χ3v) is 5.71. The second-order valence-electron chi connectivity index (χ2n) is 5.52. The van der Waals surface area contributed by atoms with Crippen LogP contribution in [0.5, 0.6) is 0 Å². The summed E-state index contributed by atoms with van der Waals surface area (Å²) in [5, 5.41) is 0. The van der Waals surface area contributed by atoms with Gasteiger partial charge < -0.3 is 0 Å². The summed E-state index contributed by atoms with van der Waals surface area (Å²) in [6, 6.07) is 5.97. The van der Waals surface area contributed by atoms with Crippen molar-refractivity contribution in [3.8, 4) is 0 Å². The Balaban J connectivity index is 2.56. The van der Waals surface area contributed by atoms with Crippen LogP contribution >= 0.6 is 0 Å². The molecule has 17 heavy (non-hydrogen) atoms. The lowest BCUT2D eigenvalue weighted by molar-refractivity contribution is 0.556. The summed E-state index contributed by atoms with van der Waals surface area (Å²) in [6.07, 6.45) is 0.812. The van der Waals surface area contributed by atoms with Gasteiger partial charge in [0.15, 0.2) is 0 Å². The Morgan fingerprint density at radius 3 is 2.47 bits per heavy atom. The van der Waals surface area contributed by atoms with Crippen molar-refractivity contribution >= 4 is 15.7 Å². The van der Waals surface area contributed by atoms with Crippen molar-refractivity contribution in [2.75, 3.05) is 10.8 Å². The first-order chi connectivity index (χ1) is 7.75. The van der Waals surface area contributed by atoms with Gasteiger partial charge in [0.25, 0.3) is 0 Å². The Kier molecular flexibility index (Phi) is 2.73. The standard InChI is InChI=1S/C13H19NO2S/c1-10-6-5-7-11-8-9-14(12(10)11)17(15,16)13(2,3)4/h5-7H,8-9H2,1-4H3. The maximum atomic E-state index is 12.5. The number of para-hydroxylation sites is 1. The highest BCUT2D eigenvalue weighted by atomic mass is 32.2. The molecular formula is C13H19NO2S. The quantitative estimate of drug-likeness (QED) is 0.771. The van der Waals surface area contributed by atoms with E-state index in [0.717, 1.165) is 23.2 Å². The van der Waals surface area contributed by atoms with Gasteiger partial charge in [0.2, 0.25) is 10.0 Å². The van der Waals surface area contributed by atoms with E-state index in [1.54, 1.807) is 25.1 Å². The number of rotatable bonds is 1. The van der Waals surface area contributed by atoms with Crippen LogP contribution in [0.25, 0.3) is 0 Å². The number of aryl methyl sites for hydroxylation is 1. The SMILES string of the molecule is Cc1cccc2c1N(S(=O)(=O)C(C)(C)C)CC2. The van der Waals surface area contributed by atoms with E-state index >= 15 is 0 Å². The van der Waals surface area contributed by atoms with Crippen molar-refractivity contribution in [2.45, 2.75) is 38.9 Å². The van der Waals surface area contributed by atoms with Crippen LogP contribution in [-0.4, -0.2) is 19.7 Å². The van der Waals surface area contributed by atoms with Gasteiger partial charge in [0.1, 0.15) is 0 Å². The molecule has 0 saturated heterocycles. The van der Waals surface area contributed by atoms with Crippen LogP contribution in [-0.2, 0) is 16.4 Å². The fourth-order valence-corrected chi connectivity index (χ4v) is 3.68. The third-order valence-electron chi connectivity index (χ3n) is 3.22. The average Bonchev–Trinajstić information content (AvgIpc) is 2.61.